The molecule has 1 heterocycles. The smallest absolute Gasteiger partial charge is 0.318 e. The molecule has 0 spiro atoms. The maximum Gasteiger partial charge on any atom is 0.318 e. The number of carboxylic acid groups (broad SMARTS) is 1. The molecule has 0 radical (unpaired) electrons. The average molecular weight is 201 g/mol. The summed E-state index contributed by atoms with van der Waals surface area (Å²) in [5.74, 6) is -1.29. The molecular formula is C7H6O5P-. The quantitative estimate of drug-likeness (QED) is 0.585. The van der Waals surface area contributed by atoms with Crippen molar-refractivity contribution in [1.29, 1.82) is 0 Å². The van der Waals surface area contributed by atoms with Crippen molar-refractivity contribution < 1.29 is 23.8 Å². The molecule has 1 aromatic rings. The minimum absolute atomic E-state index is 0.186. The lowest BCUT2D eigenvalue weighted by Crippen LogP contribution is -2.36. The molecule has 70 valence electrons. The maximum atomic E-state index is 10.4. The lowest BCUT2D eigenvalue weighted by molar-refractivity contribution is -0.306. The summed E-state index contributed by atoms with van der Waals surface area (Å²) in [6, 6.07) is 3.06. The second-order valence-corrected chi connectivity index (χ2v) is 3.60. The van der Waals surface area contributed by atoms with Gasteiger partial charge in [0.1, 0.15) is 5.76 Å². The molecule has 0 bridgehead atoms. The van der Waals surface area contributed by atoms with Gasteiger partial charge < -0.3 is 19.2 Å². The predicted octanol–water partition coefficient (Wildman–Crippen LogP) is -0.957. The Morgan fingerprint density at radius 1 is 1.69 bits per heavy atom. The first-order valence-corrected chi connectivity index (χ1v) is 4.72. The van der Waals surface area contributed by atoms with Crippen LogP contribution in [-0.2, 0) is 15.8 Å². The molecule has 0 aromatic carbocycles. The van der Waals surface area contributed by atoms with E-state index < -0.39 is 19.7 Å². The molecule has 0 aliphatic carbocycles. The van der Waals surface area contributed by atoms with Gasteiger partial charge in [-0.3, -0.25) is 0 Å². The Labute approximate surface area is 74.9 Å². The van der Waals surface area contributed by atoms with Crippen molar-refractivity contribution >= 4 is 14.0 Å². The standard InChI is InChI=1S/C7H7O5P/c8-7(9)6(13(10)11)4-5-2-1-3-12-5/h1-3,6H,4H2,(H,8,9)/p-1. The molecule has 1 aromatic heterocycles. The third kappa shape index (κ3) is 2.65. The molecule has 0 aliphatic heterocycles. The van der Waals surface area contributed by atoms with E-state index in [9.17, 15) is 19.4 Å². The minimum Gasteiger partial charge on any atom is -0.595 e. The molecule has 13 heavy (non-hydrogen) atoms. The highest BCUT2D eigenvalue weighted by atomic mass is 31.1. The number of carboxylic acids is 1. The third-order valence-electron chi connectivity index (χ3n) is 1.50. The van der Waals surface area contributed by atoms with Crippen LogP contribution in [0.3, 0.4) is 0 Å². The van der Waals surface area contributed by atoms with Crippen LogP contribution in [0.1, 0.15) is 5.76 Å². The van der Waals surface area contributed by atoms with E-state index >= 15 is 0 Å². The van der Waals surface area contributed by atoms with Gasteiger partial charge in [-0.1, -0.05) is 4.57 Å². The van der Waals surface area contributed by atoms with Gasteiger partial charge in [-0.2, -0.15) is 0 Å². The normalized spacial score (nSPS) is 13.8. The van der Waals surface area contributed by atoms with Crippen molar-refractivity contribution in [2.45, 2.75) is 12.1 Å². The van der Waals surface area contributed by atoms with Crippen LogP contribution >= 0.6 is 8.03 Å². The molecular weight excluding hydrogens is 195 g/mol. The first-order valence-electron chi connectivity index (χ1n) is 3.48. The van der Waals surface area contributed by atoms with Crippen molar-refractivity contribution in [3.8, 4) is 0 Å². The van der Waals surface area contributed by atoms with Crippen LogP contribution in [0, 0.1) is 0 Å². The van der Waals surface area contributed by atoms with Crippen molar-refractivity contribution in [2.24, 2.45) is 0 Å². The molecule has 0 aliphatic rings. The summed E-state index contributed by atoms with van der Waals surface area (Å²) in [7, 11) is -3.03. The Morgan fingerprint density at radius 3 is 2.77 bits per heavy atom. The van der Waals surface area contributed by atoms with Crippen LogP contribution in [0.15, 0.2) is 22.8 Å². The van der Waals surface area contributed by atoms with Crippen LogP contribution in [0.25, 0.3) is 0 Å². The topological polar surface area (TPSA) is 93.4 Å². The summed E-state index contributed by atoms with van der Waals surface area (Å²) in [6.07, 6.45) is 1.16. The van der Waals surface area contributed by atoms with Crippen LogP contribution in [-0.4, -0.2) is 11.6 Å². The fraction of sp³-hybridized carbons (Fsp3) is 0.286. The van der Waals surface area contributed by atoms with Gasteiger partial charge in [0.2, 0.25) is 0 Å². The molecule has 0 amide bonds. The monoisotopic (exact) mass is 201 g/mol. The van der Waals surface area contributed by atoms with Gasteiger partial charge in [0.25, 0.3) is 0 Å². The summed E-state index contributed by atoms with van der Waals surface area (Å²) in [5, 5.41) is 10.3. The molecule has 0 saturated carbocycles. The number of furan rings is 1. The SMILES string of the molecule is O=C([O-])C(Cc1ccco1)[P+](=O)[O-]. The fourth-order valence-electron chi connectivity index (χ4n) is 0.863. The maximum absolute atomic E-state index is 10.4. The molecule has 6 heteroatoms. The van der Waals surface area contributed by atoms with Crippen LogP contribution < -0.4 is 10.00 Å². The molecule has 2 unspecified atom stereocenters. The van der Waals surface area contributed by atoms with Gasteiger partial charge in [0.05, 0.1) is 18.7 Å². The zero-order valence-corrected chi connectivity index (χ0v) is 7.40. The van der Waals surface area contributed by atoms with E-state index in [1.165, 1.54) is 12.3 Å². The first kappa shape index (κ1) is 9.89. The van der Waals surface area contributed by atoms with Gasteiger partial charge in [0, 0.05) is 0 Å². The van der Waals surface area contributed by atoms with Crippen molar-refractivity contribution in [3.63, 3.8) is 0 Å². The Morgan fingerprint density at radius 2 is 2.38 bits per heavy atom. The third-order valence-corrected chi connectivity index (χ3v) is 2.40. The fourth-order valence-corrected chi connectivity index (χ4v) is 1.36. The van der Waals surface area contributed by atoms with E-state index in [0.717, 1.165) is 0 Å². The second-order valence-electron chi connectivity index (χ2n) is 2.40. The van der Waals surface area contributed by atoms with E-state index in [1.54, 1.807) is 6.07 Å². The Hall–Kier alpha value is -1.19. The Kier molecular flexibility index (Phi) is 3.17. The van der Waals surface area contributed by atoms with Gasteiger partial charge >= 0.3 is 8.03 Å². The lowest BCUT2D eigenvalue weighted by atomic mass is 10.2. The molecule has 5 nitrogen and oxygen atoms in total. The lowest BCUT2D eigenvalue weighted by Gasteiger charge is -2.07. The van der Waals surface area contributed by atoms with Crippen molar-refractivity contribution in [3.05, 3.63) is 24.2 Å². The first-order chi connectivity index (χ1) is 6.11. The number of carbonyl (C=O) groups is 1. The van der Waals surface area contributed by atoms with Gasteiger partial charge in [-0.25, -0.2) is 0 Å². The number of hydrogen-bond acceptors (Lipinski definition) is 5. The largest absolute Gasteiger partial charge is 0.595 e. The number of aliphatic carboxylic acids is 1. The highest BCUT2D eigenvalue weighted by molar-refractivity contribution is 7.38. The highest BCUT2D eigenvalue weighted by Crippen LogP contribution is 2.21. The van der Waals surface area contributed by atoms with E-state index in [1.807, 2.05) is 0 Å². The van der Waals surface area contributed by atoms with Crippen LogP contribution in [0.2, 0.25) is 0 Å². The zero-order chi connectivity index (χ0) is 9.84. The van der Waals surface area contributed by atoms with E-state index in [-0.39, 0.29) is 6.42 Å². The highest BCUT2D eigenvalue weighted by Gasteiger charge is 2.24. The molecule has 0 saturated heterocycles. The Bertz CT molecular complexity index is 291. The van der Waals surface area contributed by atoms with E-state index in [2.05, 4.69) is 0 Å². The van der Waals surface area contributed by atoms with Crippen molar-refractivity contribution in [1.82, 2.24) is 0 Å². The molecule has 0 N–H and O–H groups in total. The summed E-state index contributed by atoms with van der Waals surface area (Å²) < 4.78 is 15.2. The minimum atomic E-state index is -3.03. The second kappa shape index (κ2) is 4.16. The molecule has 1 rings (SSSR count). The van der Waals surface area contributed by atoms with Gasteiger partial charge in [0.15, 0.2) is 5.66 Å². The summed E-state index contributed by atoms with van der Waals surface area (Å²) >= 11 is 0. The molecule has 2 atom stereocenters. The van der Waals surface area contributed by atoms with Crippen LogP contribution in [0.5, 0.6) is 0 Å². The van der Waals surface area contributed by atoms with E-state index in [0.29, 0.717) is 5.76 Å². The average Bonchev–Trinajstić information content (AvgIpc) is 2.50. The predicted molar refractivity (Wildman–Crippen MR) is 38.8 cm³/mol. The van der Waals surface area contributed by atoms with Crippen molar-refractivity contribution in [2.75, 3.05) is 0 Å². The number of carbonyl (C=O) groups excluding carboxylic acids is 1. The zero-order valence-electron chi connectivity index (χ0n) is 6.50. The number of rotatable bonds is 4. The Balaban J connectivity index is 2.69. The summed E-state index contributed by atoms with van der Waals surface area (Å²) in [4.78, 5) is 20.8. The summed E-state index contributed by atoms with van der Waals surface area (Å²) in [6.45, 7) is 0. The van der Waals surface area contributed by atoms with E-state index in [4.69, 9.17) is 4.42 Å². The van der Waals surface area contributed by atoms with Crippen LogP contribution in [0.4, 0.5) is 0 Å². The summed E-state index contributed by atoms with van der Waals surface area (Å²) in [5.41, 5.74) is -1.51. The van der Waals surface area contributed by atoms with Gasteiger partial charge in [-0.15, -0.1) is 0 Å². The molecule has 0 fully saturated rings. The number of hydrogen-bond donors (Lipinski definition) is 0. The van der Waals surface area contributed by atoms with Gasteiger partial charge in [-0.05, 0) is 12.1 Å².